The average Bonchev–Trinajstić information content (AvgIpc) is 2.71. The Hall–Kier alpha value is -1.49. The molecule has 18 heavy (non-hydrogen) atoms. The van der Waals surface area contributed by atoms with Crippen LogP contribution in [0.15, 0.2) is 16.6 Å². The van der Waals surface area contributed by atoms with E-state index in [1.165, 1.54) is 4.90 Å². The fourth-order valence-corrected chi connectivity index (χ4v) is 3.21. The normalized spacial score (nSPS) is 42.1. The Morgan fingerprint density at radius 1 is 1.44 bits per heavy atom. The quantitative estimate of drug-likeness (QED) is 0.637. The van der Waals surface area contributed by atoms with Crippen molar-refractivity contribution in [2.24, 2.45) is 10.9 Å². The molecule has 4 atom stereocenters. The van der Waals surface area contributed by atoms with Crippen LogP contribution in [0.1, 0.15) is 20.8 Å². The maximum Gasteiger partial charge on any atom is 0.259 e. The lowest BCUT2D eigenvalue weighted by atomic mass is 9.85. The van der Waals surface area contributed by atoms with Gasteiger partial charge in [-0.2, -0.15) is 0 Å². The summed E-state index contributed by atoms with van der Waals surface area (Å²) in [5, 5.41) is 0. The van der Waals surface area contributed by atoms with Gasteiger partial charge < -0.3 is 4.74 Å². The minimum atomic E-state index is -0.660. The molecule has 3 rings (SSSR count). The first-order valence-electron chi connectivity index (χ1n) is 6.23. The molecule has 0 aromatic rings. The lowest BCUT2D eigenvalue weighted by Crippen LogP contribution is -2.43. The van der Waals surface area contributed by atoms with Crippen molar-refractivity contribution in [3.8, 4) is 0 Å². The number of likely N-dealkylation sites (tertiary alicyclic amines) is 1. The first kappa shape index (κ1) is 11.6. The molecule has 2 amide bonds. The monoisotopic (exact) mass is 248 g/mol. The summed E-state index contributed by atoms with van der Waals surface area (Å²) >= 11 is 0. The van der Waals surface area contributed by atoms with Gasteiger partial charge >= 0.3 is 0 Å². The van der Waals surface area contributed by atoms with Crippen molar-refractivity contribution >= 4 is 18.0 Å². The van der Waals surface area contributed by atoms with Crippen molar-refractivity contribution in [1.29, 1.82) is 0 Å². The van der Waals surface area contributed by atoms with Gasteiger partial charge in [0.05, 0.1) is 12.0 Å². The summed E-state index contributed by atoms with van der Waals surface area (Å²) < 4.78 is 5.86. The summed E-state index contributed by atoms with van der Waals surface area (Å²) in [6, 6.07) is -0.279. The number of carbonyl (C=O) groups excluding carboxylic acids is 2. The molecule has 0 aliphatic carbocycles. The van der Waals surface area contributed by atoms with Gasteiger partial charge in [0, 0.05) is 12.8 Å². The van der Waals surface area contributed by atoms with Crippen molar-refractivity contribution in [3.05, 3.63) is 11.6 Å². The SMILES string of the molecule is CCN1C(=O)[C@H]2[C@@H](O[C@]3(C)C=C(C)C=N[C@@H]23)C1=O. The fraction of sp³-hybridized carbons (Fsp3) is 0.615. The van der Waals surface area contributed by atoms with Crippen LogP contribution in [-0.4, -0.2) is 47.2 Å². The Kier molecular flexibility index (Phi) is 2.26. The van der Waals surface area contributed by atoms with Gasteiger partial charge in [-0.3, -0.25) is 19.5 Å². The van der Waals surface area contributed by atoms with Crippen LogP contribution in [0.4, 0.5) is 0 Å². The zero-order valence-corrected chi connectivity index (χ0v) is 10.7. The topological polar surface area (TPSA) is 59.0 Å². The van der Waals surface area contributed by atoms with E-state index < -0.39 is 17.6 Å². The van der Waals surface area contributed by atoms with Crippen molar-refractivity contribution < 1.29 is 14.3 Å². The van der Waals surface area contributed by atoms with Crippen LogP contribution in [0.25, 0.3) is 0 Å². The van der Waals surface area contributed by atoms with Gasteiger partial charge in [-0.15, -0.1) is 0 Å². The van der Waals surface area contributed by atoms with Crippen molar-refractivity contribution in [2.75, 3.05) is 6.54 Å². The number of amides is 2. The van der Waals surface area contributed by atoms with Crippen LogP contribution in [0.2, 0.25) is 0 Å². The first-order valence-corrected chi connectivity index (χ1v) is 6.23. The number of dihydropyridines is 1. The predicted octanol–water partition coefficient (Wildman–Crippen LogP) is 0.548. The van der Waals surface area contributed by atoms with Crippen molar-refractivity contribution in [1.82, 2.24) is 4.90 Å². The molecule has 3 aliphatic heterocycles. The van der Waals surface area contributed by atoms with Gasteiger partial charge in [-0.1, -0.05) is 0 Å². The highest BCUT2D eigenvalue weighted by Gasteiger charge is 2.63. The van der Waals surface area contributed by atoms with E-state index in [1.54, 1.807) is 13.1 Å². The van der Waals surface area contributed by atoms with Gasteiger partial charge in [-0.25, -0.2) is 0 Å². The number of hydrogen-bond donors (Lipinski definition) is 0. The molecule has 96 valence electrons. The number of ether oxygens (including phenoxy) is 1. The van der Waals surface area contributed by atoms with Crippen LogP contribution in [0.3, 0.4) is 0 Å². The Balaban J connectivity index is 2.01. The summed E-state index contributed by atoms with van der Waals surface area (Å²) in [6.45, 7) is 6.03. The lowest BCUT2D eigenvalue weighted by Gasteiger charge is -2.30. The highest BCUT2D eigenvalue weighted by Crippen LogP contribution is 2.45. The van der Waals surface area contributed by atoms with Gasteiger partial charge in [0.1, 0.15) is 5.60 Å². The van der Waals surface area contributed by atoms with Gasteiger partial charge in [-0.05, 0) is 32.4 Å². The van der Waals surface area contributed by atoms with Crippen LogP contribution in [-0.2, 0) is 14.3 Å². The number of nitrogens with zero attached hydrogens (tertiary/aromatic N) is 2. The molecule has 0 N–H and O–H groups in total. The molecule has 3 aliphatic rings. The molecule has 0 aromatic carbocycles. The maximum absolute atomic E-state index is 12.2. The van der Waals surface area contributed by atoms with Crippen molar-refractivity contribution in [3.63, 3.8) is 0 Å². The summed E-state index contributed by atoms with van der Waals surface area (Å²) in [6.07, 6.45) is 3.05. The number of fused-ring (bicyclic) bond motifs is 3. The van der Waals surface area contributed by atoms with E-state index in [0.29, 0.717) is 6.54 Å². The van der Waals surface area contributed by atoms with Crippen LogP contribution in [0, 0.1) is 5.92 Å². The third kappa shape index (κ3) is 1.28. The van der Waals surface area contributed by atoms with Crippen molar-refractivity contribution in [2.45, 2.75) is 38.5 Å². The molecular weight excluding hydrogens is 232 g/mol. The smallest absolute Gasteiger partial charge is 0.259 e. The maximum atomic E-state index is 12.2. The summed E-state index contributed by atoms with van der Waals surface area (Å²) in [5.41, 5.74) is 0.375. The van der Waals surface area contributed by atoms with E-state index in [2.05, 4.69) is 4.99 Å². The predicted molar refractivity (Wildman–Crippen MR) is 65.2 cm³/mol. The molecule has 0 radical (unpaired) electrons. The molecule has 3 heterocycles. The summed E-state index contributed by atoms with van der Waals surface area (Å²) in [4.78, 5) is 30.0. The lowest BCUT2D eigenvalue weighted by molar-refractivity contribution is -0.145. The molecule has 2 saturated heterocycles. The van der Waals surface area contributed by atoms with Gasteiger partial charge in [0.15, 0.2) is 6.10 Å². The first-order chi connectivity index (χ1) is 8.48. The van der Waals surface area contributed by atoms with Crippen LogP contribution >= 0.6 is 0 Å². The van der Waals surface area contributed by atoms with E-state index in [4.69, 9.17) is 4.74 Å². The van der Waals surface area contributed by atoms with E-state index in [9.17, 15) is 9.59 Å². The summed E-state index contributed by atoms with van der Waals surface area (Å²) in [7, 11) is 0. The third-order valence-electron chi connectivity index (χ3n) is 3.96. The second kappa shape index (κ2) is 3.51. The van der Waals surface area contributed by atoms with Crippen LogP contribution < -0.4 is 0 Å². The van der Waals surface area contributed by atoms with E-state index in [1.807, 2.05) is 19.9 Å². The largest absolute Gasteiger partial charge is 0.355 e. The van der Waals surface area contributed by atoms with Gasteiger partial charge in [0.25, 0.3) is 5.91 Å². The molecule has 5 heteroatoms. The van der Waals surface area contributed by atoms with Crippen LogP contribution in [0.5, 0.6) is 0 Å². The number of aliphatic imine (C=N–C) groups is 1. The summed E-state index contributed by atoms with van der Waals surface area (Å²) in [5.74, 6) is -0.821. The Bertz CT molecular complexity index is 496. The van der Waals surface area contributed by atoms with E-state index >= 15 is 0 Å². The second-order valence-corrected chi connectivity index (χ2v) is 5.28. The minimum absolute atomic E-state index is 0.147. The average molecular weight is 248 g/mol. The second-order valence-electron chi connectivity index (χ2n) is 5.28. The molecule has 2 fully saturated rings. The molecule has 0 aromatic heterocycles. The Labute approximate surface area is 106 Å². The van der Waals surface area contributed by atoms with E-state index in [-0.39, 0.29) is 17.9 Å². The fourth-order valence-electron chi connectivity index (χ4n) is 3.21. The number of imide groups is 1. The number of allylic oxidation sites excluding steroid dienone is 1. The Morgan fingerprint density at radius 2 is 2.17 bits per heavy atom. The third-order valence-corrected chi connectivity index (χ3v) is 3.96. The molecule has 0 saturated carbocycles. The molecular formula is C13H16N2O3. The number of likely N-dealkylation sites (N-methyl/N-ethyl adjacent to an activating group) is 1. The Morgan fingerprint density at radius 3 is 2.83 bits per heavy atom. The molecule has 5 nitrogen and oxygen atoms in total. The molecule has 0 unspecified atom stereocenters. The van der Waals surface area contributed by atoms with Gasteiger partial charge in [0.2, 0.25) is 5.91 Å². The number of rotatable bonds is 1. The zero-order chi connectivity index (χ0) is 13.1. The highest BCUT2D eigenvalue weighted by molar-refractivity contribution is 6.07. The number of carbonyl (C=O) groups is 2. The zero-order valence-electron chi connectivity index (χ0n) is 10.7. The van der Waals surface area contributed by atoms with E-state index in [0.717, 1.165) is 5.57 Å². The minimum Gasteiger partial charge on any atom is -0.355 e. The highest BCUT2D eigenvalue weighted by atomic mass is 16.5. The molecule has 0 bridgehead atoms. The molecule has 0 spiro atoms. The standard InChI is InChI=1S/C13H16N2O3/c1-4-15-11(16)8-9(12(15)17)18-13(3)5-7(2)6-14-10(8)13/h5-6,8-10H,4H2,1-3H3/t8-,9+,10-,13+/m0/s1. The number of hydrogen-bond acceptors (Lipinski definition) is 4.